The predicted molar refractivity (Wildman–Crippen MR) is 107 cm³/mol. The summed E-state index contributed by atoms with van der Waals surface area (Å²) < 4.78 is 1.90. The van der Waals surface area contributed by atoms with E-state index in [1.807, 2.05) is 22.1 Å². The van der Waals surface area contributed by atoms with Crippen LogP contribution < -0.4 is 5.56 Å². The van der Waals surface area contributed by atoms with Crippen LogP contribution in [0.2, 0.25) is 0 Å². The molecule has 0 spiro atoms. The molecule has 132 valence electrons. The van der Waals surface area contributed by atoms with E-state index in [4.69, 9.17) is 4.98 Å². The minimum atomic E-state index is 0.00496. The zero-order valence-electron chi connectivity index (χ0n) is 15.4. The van der Waals surface area contributed by atoms with Gasteiger partial charge in [0, 0.05) is 13.1 Å². The van der Waals surface area contributed by atoms with Crippen LogP contribution in [0.1, 0.15) is 25.0 Å². The van der Waals surface area contributed by atoms with Gasteiger partial charge in [0.15, 0.2) is 0 Å². The van der Waals surface area contributed by atoms with Crippen molar-refractivity contribution in [1.29, 1.82) is 0 Å². The highest BCUT2D eigenvalue weighted by Crippen LogP contribution is 2.23. The molecule has 0 radical (unpaired) electrons. The first-order valence-corrected chi connectivity index (χ1v) is 9.71. The van der Waals surface area contributed by atoms with Crippen LogP contribution in [0.25, 0.3) is 21.6 Å². The second kappa shape index (κ2) is 7.50. The minimum absolute atomic E-state index is 0.00496. The molecule has 25 heavy (non-hydrogen) atoms. The Hall–Kier alpha value is -1.98. The second-order valence-electron chi connectivity index (χ2n) is 6.35. The summed E-state index contributed by atoms with van der Waals surface area (Å²) in [7, 11) is 0. The Kier molecular flexibility index (Phi) is 5.35. The molecule has 3 aromatic rings. The Morgan fingerprint density at radius 3 is 2.52 bits per heavy atom. The lowest BCUT2D eigenvalue weighted by Crippen LogP contribution is -2.32. The SMILES string of the molecule is CCN(CC)CCn1c(=O)c(-c2cccs2)nc2cc(C)c(C)cc21. The van der Waals surface area contributed by atoms with Crippen molar-refractivity contribution in [3.8, 4) is 10.6 Å². The standard InChI is InChI=1S/C20H25N3OS/c1-5-22(6-2)9-10-23-17-13-15(4)14(3)12-16(17)21-19(20(23)24)18-8-7-11-25-18/h7-8,11-13H,5-6,9-10H2,1-4H3. The van der Waals surface area contributed by atoms with E-state index in [9.17, 15) is 4.79 Å². The highest BCUT2D eigenvalue weighted by molar-refractivity contribution is 7.13. The molecule has 0 saturated carbocycles. The molecular formula is C20H25N3OS. The number of nitrogens with zero attached hydrogens (tertiary/aromatic N) is 3. The molecule has 0 saturated heterocycles. The molecular weight excluding hydrogens is 330 g/mol. The van der Waals surface area contributed by atoms with Gasteiger partial charge in [-0.1, -0.05) is 19.9 Å². The van der Waals surface area contributed by atoms with Gasteiger partial charge in [0.25, 0.3) is 5.56 Å². The van der Waals surface area contributed by atoms with Gasteiger partial charge >= 0.3 is 0 Å². The number of hydrogen-bond donors (Lipinski definition) is 0. The molecule has 0 amide bonds. The summed E-state index contributed by atoms with van der Waals surface area (Å²) in [5, 5.41) is 1.99. The Balaban J connectivity index is 2.18. The Morgan fingerprint density at radius 2 is 1.88 bits per heavy atom. The number of fused-ring (bicyclic) bond motifs is 1. The van der Waals surface area contributed by atoms with Crippen molar-refractivity contribution >= 4 is 22.4 Å². The van der Waals surface area contributed by atoms with E-state index >= 15 is 0 Å². The van der Waals surface area contributed by atoms with Gasteiger partial charge in [-0.25, -0.2) is 4.98 Å². The maximum atomic E-state index is 13.2. The first-order valence-electron chi connectivity index (χ1n) is 8.83. The van der Waals surface area contributed by atoms with E-state index in [2.05, 4.69) is 44.7 Å². The highest BCUT2D eigenvalue weighted by Gasteiger charge is 2.15. The van der Waals surface area contributed by atoms with E-state index in [0.29, 0.717) is 12.2 Å². The molecule has 2 aromatic heterocycles. The summed E-state index contributed by atoms with van der Waals surface area (Å²) in [4.78, 5) is 21.1. The molecule has 0 fully saturated rings. The van der Waals surface area contributed by atoms with Crippen molar-refractivity contribution in [3.63, 3.8) is 0 Å². The van der Waals surface area contributed by atoms with E-state index in [-0.39, 0.29) is 5.56 Å². The molecule has 3 rings (SSSR count). The number of rotatable bonds is 6. The van der Waals surface area contributed by atoms with Crippen LogP contribution in [0.5, 0.6) is 0 Å². The maximum absolute atomic E-state index is 13.2. The van der Waals surface area contributed by atoms with Crippen molar-refractivity contribution in [2.45, 2.75) is 34.2 Å². The van der Waals surface area contributed by atoms with Crippen molar-refractivity contribution < 1.29 is 0 Å². The Labute approximate surface area is 152 Å². The Bertz CT molecular complexity index is 924. The molecule has 0 bridgehead atoms. The first kappa shape index (κ1) is 17.8. The molecule has 5 heteroatoms. The molecule has 0 N–H and O–H groups in total. The van der Waals surface area contributed by atoms with Gasteiger partial charge in [-0.15, -0.1) is 11.3 Å². The van der Waals surface area contributed by atoms with E-state index in [1.54, 1.807) is 11.3 Å². The molecule has 0 atom stereocenters. The van der Waals surface area contributed by atoms with Crippen LogP contribution in [0.15, 0.2) is 34.4 Å². The number of hydrogen-bond acceptors (Lipinski definition) is 4. The number of benzene rings is 1. The summed E-state index contributed by atoms with van der Waals surface area (Å²) in [6.45, 7) is 12.0. The summed E-state index contributed by atoms with van der Waals surface area (Å²) in [6, 6.07) is 8.12. The van der Waals surface area contributed by atoms with Gasteiger partial charge in [0.2, 0.25) is 0 Å². The molecule has 0 aliphatic carbocycles. The second-order valence-corrected chi connectivity index (χ2v) is 7.29. The number of aryl methyl sites for hydroxylation is 2. The average molecular weight is 356 g/mol. The molecule has 4 nitrogen and oxygen atoms in total. The fourth-order valence-corrected chi connectivity index (χ4v) is 3.78. The normalized spacial score (nSPS) is 11.6. The molecule has 0 aliphatic rings. The van der Waals surface area contributed by atoms with Crippen molar-refractivity contribution in [1.82, 2.24) is 14.5 Å². The van der Waals surface area contributed by atoms with Crippen LogP contribution in [-0.2, 0) is 6.54 Å². The lowest BCUT2D eigenvalue weighted by molar-refractivity contribution is 0.291. The zero-order valence-corrected chi connectivity index (χ0v) is 16.2. The lowest BCUT2D eigenvalue weighted by atomic mass is 10.1. The number of thiophene rings is 1. The lowest BCUT2D eigenvalue weighted by Gasteiger charge is -2.20. The third-order valence-electron chi connectivity index (χ3n) is 4.85. The fourth-order valence-electron chi connectivity index (χ4n) is 3.07. The third kappa shape index (κ3) is 3.53. The van der Waals surface area contributed by atoms with Gasteiger partial charge < -0.3 is 9.47 Å². The van der Waals surface area contributed by atoms with Crippen molar-refractivity contribution in [3.05, 3.63) is 51.1 Å². The van der Waals surface area contributed by atoms with Crippen LogP contribution in [0.3, 0.4) is 0 Å². The van der Waals surface area contributed by atoms with Crippen LogP contribution >= 0.6 is 11.3 Å². The first-order chi connectivity index (χ1) is 12.0. The van der Waals surface area contributed by atoms with E-state index in [0.717, 1.165) is 35.5 Å². The largest absolute Gasteiger partial charge is 0.304 e. The van der Waals surface area contributed by atoms with Crippen LogP contribution in [0, 0.1) is 13.8 Å². The number of aromatic nitrogens is 2. The quantitative estimate of drug-likeness (QED) is 0.668. The summed E-state index contributed by atoms with van der Waals surface area (Å²) in [5.41, 5.74) is 4.78. The molecule has 0 aliphatic heterocycles. The number of likely N-dealkylation sites (N-methyl/N-ethyl adjacent to an activating group) is 1. The topological polar surface area (TPSA) is 38.1 Å². The molecule has 1 aromatic carbocycles. The van der Waals surface area contributed by atoms with Crippen molar-refractivity contribution in [2.24, 2.45) is 0 Å². The minimum Gasteiger partial charge on any atom is -0.304 e. The fraction of sp³-hybridized carbons (Fsp3) is 0.400. The predicted octanol–water partition coefficient (Wildman–Crippen LogP) is 4.08. The summed E-state index contributed by atoms with van der Waals surface area (Å²) >= 11 is 1.56. The Morgan fingerprint density at radius 1 is 1.16 bits per heavy atom. The summed E-state index contributed by atoms with van der Waals surface area (Å²) in [6.07, 6.45) is 0. The third-order valence-corrected chi connectivity index (χ3v) is 5.73. The smallest absolute Gasteiger partial charge is 0.278 e. The van der Waals surface area contributed by atoms with Gasteiger partial charge in [-0.3, -0.25) is 4.79 Å². The van der Waals surface area contributed by atoms with Gasteiger partial charge in [-0.2, -0.15) is 0 Å². The van der Waals surface area contributed by atoms with Crippen LogP contribution in [-0.4, -0.2) is 34.1 Å². The molecule has 2 heterocycles. The van der Waals surface area contributed by atoms with E-state index < -0.39 is 0 Å². The average Bonchev–Trinajstić information content (AvgIpc) is 3.13. The van der Waals surface area contributed by atoms with Crippen LogP contribution in [0.4, 0.5) is 0 Å². The van der Waals surface area contributed by atoms with Gasteiger partial charge in [0.1, 0.15) is 5.69 Å². The highest BCUT2D eigenvalue weighted by atomic mass is 32.1. The van der Waals surface area contributed by atoms with E-state index in [1.165, 1.54) is 11.1 Å². The monoisotopic (exact) mass is 355 g/mol. The zero-order chi connectivity index (χ0) is 18.0. The van der Waals surface area contributed by atoms with Crippen molar-refractivity contribution in [2.75, 3.05) is 19.6 Å². The maximum Gasteiger partial charge on any atom is 0.278 e. The summed E-state index contributed by atoms with van der Waals surface area (Å²) in [5.74, 6) is 0. The van der Waals surface area contributed by atoms with Gasteiger partial charge in [0.05, 0.1) is 15.9 Å². The van der Waals surface area contributed by atoms with Gasteiger partial charge in [-0.05, 0) is 61.6 Å². The molecule has 0 unspecified atom stereocenters.